The van der Waals surface area contributed by atoms with Gasteiger partial charge in [0.25, 0.3) is 0 Å². The number of carbonyl (C=O) groups excluding carboxylic acids is 1. The highest BCUT2D eigenvalue weighted by atomic mass is 35.5. The third kappa shape index (κ3) is 3.09. The normalized spacial score (nSPS) is 10.6. The van der Waals surface area contributed by atoms with E-state index < -0.39 is 0 Å². The molecular formula is C12H11Cl2N3O. The highest BCUT2D eigenvalue weighted by Gasteiger charge is 2.13. The minimum atomic E-state index is -0.0967. The third-order valence-corrected chi connectivity index (χ3v) is 2.97. The number of aromatic nitrogens is 3. The number of pyridine rings is 1. The molecule has 0 aliphatic heterocycles. The van der Waals surface area contributed by atoms with Crippen molar-refractivity contribution in [1.82, 2.24) is 14.8 Å². The molecule has 2 aromatic heterocycles. The van der Waals surface area contributed by atoms with Crippen molar-refractivity contribution in [3.8, 4) is 0 Å². The van der Waals surface area contributed by atoms with Gasteiger partial charge >= 0.3 is 0 Å². The number of nitrogens with zero attached hydrogens (tertiary/aromatic N) is 3. The lowest BCUT2D eigenvalue weighted by Crippen LogP contribution is -2.04. The summed E-state index contributed by atoms with van der Waals surface area (Å²) < 4.78 is 1.70. The number of hydrogen-bond acceptors (Lipinski definition) is 3. The first-order valence-electron chi connectivity index (χ1n) is 5.38. The van der Waals surface area contributed by atoms with Crippen LogP contribution in [0.5, 0.6) is 0 Å². The average molecular weight is 284 g/mol. The fourth-order valence-corrected chi connectivity index (χ4v) is 2.08. The number of aryl methyl sites for hydroxylation is 2. The lowest BCUT2D eigenvalue weighted by molar-refractivity contribution is 0.0978. The molecule has 0 unspecified atom stereocenters. The molecule has 4 nitrogen and oxygen atoms in total. The summed E-state index contributed by atoms with van der Waals surface area (Å²) in [5, 5.41) is 4.75. The van der Waals surface area contributed by atoms with Gasteiger partial charge in [-0.05, 0) is 18.1 Å². The van der Waals surface area contributed by atoms with Crippen LogP contribution in [0.15, 0.2) is 24.7 Å². The van der Waals surface area contributed by atoms with Crippen LogP contribution in [0.4, 0.5) is 0 Å². The molecular weight excluding hydrogens is 273 g/mol. The van der Waals surface area contributed by atoms with Gasteiger partial charge in [-0.2, -0.15) is 5.10 Å². The molecule has 0 saturated carbocycles. The summed E-state index contributed by atoms with van der Waals surface area (Å²) in [5.74, 6) is -0.0967. The van der Waals surface area contributed by atoms with Gasteiger partial charge in [-0.3, -0.25) is 14.5 Å². The summed E-state index contributed by atoms with van der Waals surface area (Å²) in [6.07, 6.45) is 6.01. The topological polar surface area (TPSA) is 47.8 Å². The second-order valence-corrected chi connectivity index (χ2v) is 4.77. The second kappa shape index (κ2) is 5.50. The van der Waals surface area contributed by atoms with E-state index in [1.54, 1.807) is 10.9 Å². The summed E-state index contributed by atoms with van der Waals surface area (Å²) >= 11 is 11.7. The van der Waals surface area contributed by atoms with Gasteiger partial charge < -0.3 is 0 Å². The smallest absolute Gasteiger partial charge is 0.183 e. The molecule has 0 aliphatic rings. The van der Waals surface area contributed by atoms with E-state index in [4.69, 9.17) is 23.2 Å². The van der Waals surface area contributed by atoms with E-state index in [-0.39, 0.29) is 11.5 Å². The van der Waals surface area contributed by atoms with E-state index in [0.717, 1.165) is 5.56 Å². The quantitative estimate of drug-likeness (QED) is 0.811. The Morgan fingerprint density at radius 3 is 2.78 bits per heavy atom. The Morgan fingerprint density at radius 2 is 2.17 bits per heavy atom. The molecule has 94 valence electrons. The highest BCUT2D eigenvalue weighted by molar-refractivity contribution is 6.36. The van der Waals surface area contributed by atoms with E-state index in [2.05, 4.69) is 10.1 Å². The standard InChI is InChI=1S/C12H11Cl2N3O/c1-17-7-8(5-16-17)2-3-11(18)12-10(14)4-9(13)6-15-12/h4-7H,2-3H2,1H3. The van der Waals surface area contributed by atoms with Crippen LogP contribution in [-0.4, -0.2) is 20.5 Å². The number of halogens is 2. The summed E-state index contributed by atoms with van der Waals surface area (Å²) in [6, 6.07) is 1.52. The van der Waals surface area contributed by atoms with Crippen molar-refractivity contribution in [3.63, 3.8) is 0 Å². The molecule has 0 aromatic carbocycles. The van der Waals surface area contributed by atoms with Crippen LogP contribution in [0, 0.1) is 0 Å². The van der Waals surface area contributed by atoms with Crippen molar-refractivity contribution in [2.45, 2.75) is 12.8 Å². The van der Waals surface area contributed by atoms with Gasteiger partial charge in [0.15, 0.2) is 5.78 Å². The van der Waals surface area contributed by atoms with Crippen LogP contribution >= 0.6 is 23.2 Å². The summed E-state index contributed by atoms with van der Waals surface area (Å²) in [7, 11) is 1.84. The van der Waals surface area contributed by atoms with E-state index in [1.807, 2.05) is 13.2 Å². The minimum absolute atomic E-state index is 0.0967. The average Bonchev–Trinajstić information content (AvgIpc) is 2.72. The number of Topliss-reactive ketones (excluding diaryl/α,β-unsaturated/α-hetero) is 1. The van der Waals surface area contributed by atoms with Crippen molar-refractivity contribution < 1.29 is 4.79 Å². The predicted molar refractivity (Wildman–Crippen MR) is 70.1 cm³/mol. The van der Waals surface area contributed by atoms with E-state index in [1.165, 1.54) is 12.3 Å². The van der Waals surface area contributed by atoms with Gasteiger partial charge in [-0.1, -0.05) is 23.2 Å². The zero-order chi connectivity index (χ0) is 13.1. The Kier molecular flexibility index (Phi) is 3.99. The SMILES string of the molecule is Cn1cc(CCC(=O)c2ncc(Cl)cc2Cl)cn1. The Morgan fingerprint density at radius 1 is 1.39 bits per heavy atom. The van der Waals surface area contributed by atoms with Crippen LogP contribution < -0.4 is 0 Å². The molecule has 0 bridgehead atoms. The van der Waals surface area contributed by atoms with Crippen LogP contribution in [0.3, 0.4) is 0 Å². The fourth-order valence-electron chi connectivity index (χ4n) is 1.60. The first kappa shape index (κ1) is 13.1. The molecule has 0 fully saturated rings. The van der Waals surface area contributed by atoms with Gasteiger partial charge in [0.05, 0.1) is 16.2 Å². The van der Waals surface area contributed by atoms with Crippen molar-refractivity contribution in [2.24, 2.45) is 7.05 Å². The van der Waals surface area contributed by atoms with Crippen molar-refractivity contribution >= 4 is 29.0 Å². The van der Waals surface area contributed by atoms with Crippen LogP contribution in [0.2, 0.25) is 10.0 Å². The maximum Gasteiger partial charge on any atom is 0.183 e. The first-order valence-corrected chi connectivity index (χ1v) is 6.13. The molecule has 0 spiro atoms. The monoisotopic (exact) mass is 283 g/mol. The van der Waals surface area contributed by atoms with Crippen LogP contribution in [0.1, 0.15) is 22.5 Å². The zero-order valence-electron chi connectivity index (χ0n) is 9.73. The van der Waals surface area contributed by atoms with Gasteiger partial charge in [0, 0.05) is 25.9 Å². The fraction of sp³-hybridized carbons (Fsp3) is 0.250. The molecule has 0 aliphatic carbocycles. The highest BCUT2D eigenvalue weighted by Crippen LogP contribution is 2.20. The Balaban J connectivity index is 2.03. The molecule has 2 rings (SSSR count). The van der Waals surface area contributed by atoms with Crippen LogP contribution in [0.25, 0.3) is 0 Å². The second-order valence-electron chi connectivity index (χ2n) is 3.93. The molecule has 2 aromatic rings. The van der Waals surface area contributed by atoms with Gasteiger partial charge in [-0.25, -0.2) is 0 Å². The van der Waals surface area contributed by atoms with Crippen molar-refractivity contribution in [3.05, 3.63) is 46.0 Å². The van der Waals surface area contributed by atoms with Gasteiger partial charge in [-0.15, -0.1) is 0 Å². The number of carbonyl (C=O) groups is 1. The molecule has 18 heavy (non-hydrogen) atoms. The molecule has 0 atom stereocenters. The maximum absolute atomic E-state index is 11.9. The largest absolute Gasteiger partial charge is 0.292 e. The molecule has 2 heterocycles. The summed E-state index contributed by atoms with van der Waals surface area (Å²) in [6.45, 7) is 0. The Bertz CT molecular complexity index is 580. The molecule has 0 N–H and O–H groups in total. The Labute approximate surface area is 115 Å². The number of rotatable bonds is 4. The molecule has 0 radical (unpaired) electrons. The maximum atomic E-state index is 11.9. The summed E-state index contributed by atoms with van der Waals surface area (Å²) in [5.41, 5.74) is 1.28. The van der Waals surface area contributed by atoms with Gasteiger partial charge in [0.1, 0.15) is 5.69 Å². The van der Waals surface area contributed by atoms with E-state index >= 15 is 0 Å². The van der Waals surface area contributed by atoms with E-state index in [0.29, 0.717) is 22.9 Å². The Hall–Kier alpha value is -1.39. The number of ketones is 1. The third-order valence-electron chi connectivity index (χ3n) is 2.47. The molecule has 0 saturated heterocycles. The van der Waals surface area contributed by atoms with E-state index in [9.17, 15) is 4.79 Å². The molecule has 0 amide bonds. The van der Waals surface area contributed by atoms with Crippen LogP contribution in [-0.2, 0) is 13.5 Å². The number of hydrogen-bond donors (Lipinski definition) is 0. The van der Waals surface area contributed by atoms with Gasteiger partial charge in [0.2, 0.25) is 0 Å². The minimum Gasteiger partial charge on any atom is -0.292 e. The van der Waals surface area contributed by atoms with Crippen molar-refractivity contribution in [2.75, 3.05) is 0 Å². The lowest BCUT2D eigenvalue weighted by atomic mass is 10.1. The first-order chi connectivity index (χ1) is 8.56. The van der Waals surface area contributed by atoms with Crippen molar-refractivity contribution in [1.29, 1.82) is 0 Å². The predicted octanol–water partition coefficient (Wildman–Crippen LogP) is 2.94. The molecule has 6 heteroatoms. The lowest BCUT2D eigenvalue weighted by Gasteiger charge is -2.02. The summed E-state index contributed by atoms with van der Waals surface area (Å²) in [4.78, 5) is 15.9. The zero-order valence-corrected chi connectivity index (χ0v) is 11.2.